The van der Waals surface area contributed by atoms with Crippen LogP contribution in [0.5, 0.6) is 0 Å². The Kier molecular flexibility index (Phi) is 2.32. The van der Waals surface area contributed by atoms with Crippen molar-refractivity contribution in [3.8, 4) is 0 Å². The van der Waals surface area contributed by atoms with Gasteiger partial charge in [-0.15, -0.1) is 0 Å². The topological polar surface area (TPSA) is 64.2 Å². The van der Waals surface area contributed by atoms with E-state index in [9.17, 15) is 4.79 Å². The van der Waals surface area contributed by atoms with Crippen LogP contribution in [0, 0.1) is 0 Å². The van der Waals surface area contributed by atoms with Crippen LogP contribution < -0.4 is 5.73 Å². The summed E-state index contributed by atoms with van der Waals surface area (Å²) >= 11 is 0. The van der Waals surface area contributed by atoms with Crippen LogP contribution in [0.1, 0.15) is 24.3 Å². The van der Waals surface area contributed by atoms with Crippen molar-refractivity contribution in [1.29, 1.82) is 0 Å². The first kappa shape index (κ1) is 9.92. The van der Waals surface area contributed by atoms with E-state index in [1.54, 1.807) is 15.8 Å². The monoisotopic (exact) mass is 206 g/mol. The van der Waals surface area contributed by atoms with Crippen LogP contribution in [0.15, 0.2) is 18.9 Å². The Hall–Kier alpha value is -1.62. The average molecular weight is 206 g/mol. The number of amides is 1. The molecule has 15 heavy (non-hydrogen) atoms. The predicted octanol–water partition coefficient (Wildman–Crippen LogP) is 0.389. The van der Waals surface area contributed by atoms with Gasteiger partial charge in [0.15, 0.2) is 0 Å². The minimum Gasteiger partial charge on any atom is -0.329 e. The van der Waals surface area contributed by atoms with Crippen LogP contribution in [-0.4, -0.2) is 20.6 Å². The molecule has 0 spiro atoms. The summed E-state index contributed by atoms with van der Waals surface area (Å²) in [5.41, 5.74) is 7.86. The Balaban J connectivity index is 2.24. The van der Waals surface area contributed by atoms with Crippen LogP contribution in [0.2, 0.25) is 0 Å². The highest BCUT2D eigenvalue weighted by atomic mass is 16.2. The molecule has 80 valence electrons. The number of carbonyl (C=O) groups is 1. The molecule has 1 aliphatic heterocycles. The third-order valence-corrected chi connectivity index (χ3v) is 2.56. The van der Waals surface area contributed by atoms with Gasteiger partial charge in [0, 0.05) is 12.1 Å². The van der Waals surface area contributed by atoms with Gasteiger partial charge in [0.25, 0.3) is 0 Å². The van der Waals surface area contributed by atoms with Crippen molar-refractivity contribution in [2.24, 2.45) is 5.73 Å². The lowest BCUT2D eigenvalue weighted by molar-refractivity contribution is -0.126. The van der Waals surface area contributed by atoms with E-state index < -0.39 is 0 Å². The summed E-state index contributed by atoms with van der Waals surface area (Å²) in [7, 11) is 0. The second-order valence-corrected chi connectivity index (χ2v) is 3.70. The highest BCUT2D eigenvalue weighted by Gasteiger charge is 2.26. The molecule has 0 saturated heterocycles. The van der Waals surface area contributed by atoms with Crippen LogP contribution in [0.25, 0.3) is 0 Å². The highest BCUT2D eigenvalue weighted by molar-refractivity contribution is 5.87. The summed E-state index contributed by atoms with van der Waals surface area (Å²) in [4.78, 5) is 13.1. The average Bonchev–Trinajstić information content (AvgIpc) is 2.73. The summed E-state index contributed by atoms with van der Waals surface area (Å²) < 4.78 is 1.76. The first-order chi connectivity index (χ1) is 7.13. The second-order valence-electron chi connectivity index (χ2n) is 3.70. The number of carbonyl (C=O) groups excluding carboxylic acids is 1. The molecule has 2 rings (SSSR count). The number of hydrogen-bond donors (Lipinski definition) is 1. The molecule has 0 saturated carbocycles. The molecule has 0 aromatic carbocycles. The molecule has 2 heterocycles. The maximum atomic E-state index is 11.4. The van der Waals surface area contributed by atoms with Crippen molar-refractivity contribution < 1.29 is 4.79 Å². The third-order valence-electron chi connectivity index (χ3n) is 2.56. The van der Waals surface area contributed by atoms with Gasteiger partial charge in [-0.3, -0.25) is 9.48 Å². The molecule has 0 radical (unpaired) electrons. The van der Waals surface area contributed by atoms with Gasteiger partial charge in [-0.2, -0.15) is 5.10 Å². The number of hydrogen-bond acceptors (Lipinski definition) is 3. The molecule has 0 bridgehead atoms. The molecule has 1 aromatic heterocycles. The van der Waals surface area contributed by atoms with Gasteiger partial charge in [0.05, 0.1) is 24.6 Å². The van der Waals surface area contributed by atoms with E-state index in [1.807, 2.05) is 6.92 Å². The van der Waals surface area contributed by atoms with Gasteiger partial charge in [0.2, 0.25) is 5.91 Å². The van der Waals surface area contributed by atoms with Crippen molar-refractivity contribution in [2.45, 2.75) is 26.2 Å². The number of nitrogens with zero attached hydrogens (tertiary/aromatic N) is 3. The second kappa shape index (κ2) is 3.51. The van der Waals surface area contributed by atoms with Crippen LogP contribution >= 0.6 is 0 Å². The summed E-state index contributed by atoms with van der Waals surface area (Å²) in [6.07, 6.45) is 2.94. The molecule has 1 amide bonds. The fourth-order valence-corrected chi connectivity index (χ4v) is 1.81. The molecular weight excluding hydrogens is 192 g/mol. The van der Waals surface area contributed by atoms with E-state index in [-0.39, 0.29) is 12.1 Å². The van der Waals surface area contributed by atoms with E-state index in [4.69, 9.17) is 5.73 Å². The minimum absolute atomic E-state index is 0.0533. The summed E-state index contributed by atoms with van der Waals surface area (Å²) in [6, 6.07) is 0. The summed E-state index contributed by atoms with van der Waals surface area (Å²) in [5.74, 6) is -0.0533. The molecule has 1 aromatic rings. The standard InChI is InChI=1S/C10H14N4O/c1-3-10(15)13-5-8-4-12-14(7(2)11)9(8)6-13/h3-4,7H,1,5-6,11H2,2H3/t7-/m0/s1. The lowest BCUT2D eigenvalue weighted by atomic mass is 10.3. The Morgan fingerprint density at radius 1 is 1.73 bits per heavy atom. The van der Waals surface area contributed by atoms with Crippen molar-refractivity contribution in [3.63, 3.8) is 0 Å². The number of fused-ring (bicyclic) bond motifs is 1. The normalized spacial score (nSPS) is 16.3. The molecule has 1 aliphatic rings. The predicted molar refractivity (Wildman–Crippen MR) is 55.6 cm³/mol. The fourth-order valence-electron chi connectivity index (χ4n) is 1.81. The van der Waals surface area contributed by atoms with E-state index in [0.717, 1.165) is 11.3 Å². The molecule has 0 fully saturated rings. The first-order valence-corrected chi connectivity index (χ1v) is 4.85. The summed E-state index contributed by atoms with van der Waals surface area (Å²) in [5, 5.41) is 4.18. The SMILES string of the molecule is C=CC(=O)N1Cc2cnn([C@@H](C)N)c2C1. The Bertz CT molecular complexity index is 408. The Morgan fingerprint density at radius 3 is 3.07 bits per heavy atom. The maximum absolute atomic E-state index is 11.4. The molecule has 0 aliphatic carbocycles. The van der Waals surface area contributed by atoms with Gasteiger partial charge in [-0.05, 0) is 13.0 Å². The zero-order valence-corrected chi connectivity index (χ0v) is 8.68. The largest absolute Gasteiger partial charge is 0.329 e. The molecule has 2 N–H and O–H groups in total. The Labute approximate surface area is 88.2 Å². The van der Waals surface area contributed by atoms with Crippen LogP contribution in [-0.2, 0) is 17.9 Å². The quantitative estimate of drug-likeness (QED) is 0.712. The van der Waals surface area contributed by atoms with Crippen LogP contribution in [0.4, 0.5) is 0 Å². The lowest BCUT2D eigenvalue weighted by Gasteiger charge is -2.14. The Morgan fingerprint density at radius 2 is 2.47 bits per heavy atom. The van der Waals surface area contributed by atoms with Gasteiger partial charge < -0.3 is 10.6 Å². The van der Waals surface area contributed by atoms with Gasteiger partial charge in [0.1, 0.15) is 0 Å². The number of nitrogens with two attached hydrogens (primary N) is 1. The smallest absolute Gasteiger partial charge is 0.246 e. The van der Waals surface area contributed by atoms with Crippen molar-refractivity contribution in [3.05, 3.63) is 30.1 Å². The highest BCUT2D eigenvalue weighted by Crippen LogP contribution is 2.23. The zero-order chi connectivity index (χ0) is 11.0. The zero-order valence-electron chi connectivity index (χ0n) is 8.68. The lowest BCUT2D eigenvalue weighted by Crippen LogP contribution is -2.25. The van der Waals surface area contributed by atoms with E-state index in [2.05, 4.69) is 11.7 Å². The third kappa shape index (κ3) is 1.55. The van der Waals surface area contributed by atoms with Gasteiger partial charge in [-0.25, -0.2) is 0 Å². The number of aromatic nitrogens is 2. The molecule has 0 unspecified atom stereocenters. The van der Waals surface area contributed by atoms with E-state index in [0.29, 0.717) is 13.1 Å². The molecular formula is C10H14N4O. The fraction of sp³-hybridized carbons (Fsp3) is 0.400. The molecule has 5 heteroatoms. The molecule has 5 nitrogen and oxygen atoms in total. The number of rotatable bonds is 2. The minimum atomic E-state index is -0.160. The van der Waals surface area contributed by atoms with E-state index >= 15 is 0 Å². The first-order valence-electron chi connectivity index (χ1n) is 4.85. The molecule has 1 atom stereocenters. The van der Waals surface area contributed by atoms with Gasteiger partial charge in [-0.1, -0.05) is 6.58 Å². The summed E-state index contributed by atoms with van der Waals surface area (Å²) in [6.45, 7) is 6.51. The van der Waals surface area contributed by atoms with E-state index in [1.165, 1.54) is 6.08 Å². The van der Waals surface area contributed by atoms with Gasteiger partial charge >= 0.3 is 0 Å². The maximum Gasteiger partial charge on any atom is 0.246 e. The van der Waals surface area contributed by atoms with Crippen molar-refractivity contribution in [1.82, 2.24) is 14.7 Å². The van der Waals surface area contributed by atoms with Crippen molar-refractivity contribution in [2.75, 3.05) is 0 Å². The van der Waals surface area contributed by atoms with Crippen LogP contribution in [0.3, 0.4) is 0 Å². The van der Waals surface area contributed by atoms with Crippen molar-refractivity contribution >= 4 is 5.91 Å².